The topological polar surface area (TPSA) is 113 Å². The van der Waals surface area contributed by atoms with E-state index in [0.29, 0.717) is 18.5 Å². The van der Waals surface area contributed by atoms with Crippen LogP contribution in [0.3, 0.4) is 0 Å². The molecule has 0 unspecified atom stereocenters. The van der Waals surface area contributed by atoms with E-state index in [0.717, 1.165) is 10.1 Å². The molecule has 2 atom stereocenters. The number of carbonyl (C=O) groups excluding carboxylic acids is 2. The zero-order valence-corrected chi connectivity index (χ0v) is 14.7. The van der Waals surface area contributed by atoms with E-state index >= 15 is 0 Å². The van der Waals surface area contributed by atoms with E-state index in [-0.39, 0.29) is 17.9 Å². The summed E-state index contributed by atoms with van der Waals surface area (Å²) in [7, 11) is 0. The van der Waals surface area contributed by atoms with E-state index in [2.05, 4.69) is 15.6 Å². The van der Waals surface area contributed by atoms with Gasteiger partial charge in [-0.1, -0.05) is 30.3 Å². The van der Waals surface area contributed by atoms with Crippen LogP contribution in [-0.4, -0.2) is 44.6 Å². The van der Waals surface area contributed by atoms with Crippen molar-refractivity contribution in [3.05, 3.63) is 54.1 Å². The van der Waals surface area contributed by atoms with Crippen LogP contribution in [0.4, 0.5) is 4.79 Å². The third kappa shape index (κ3) is 5.73. The summed E-state index contributed by atoms with van der Waals surface area (Å²) in [5.74, 6) is -0.580. The number of benzene rings is 1. The quantitative estimate of drug-likeness (QED) is 0.688. The lowest BCUT2D eigenvalue weighted by molar-refractivity contribution is -0.128. The summed E-state index contributed by atoms with van der Waals surface area (Å²) in [5.41, 5.74) is 1.49. The van der Waals surface area contributed by atoms with Crippen LogP contribution in [0.25, 0.3) is 0 Å². The van der Waals surface area contributed by atoms with Crippen molar-refractivity contribution in [2.45, 2.75) is 38.8 Å². The highest BCUT2D eigenvalue weighted by Gasteiger charge is 2.21. The number of hydrogen-bond donors (Lipinski definition) is 3. The number of hydrogen-bond acceptors (Lipinski definition) is 4. The Labute approximate surface area is 151 Å². The molecule has 0 bridgehead atoms. The van der Waals surface area contributed by atoms with Crippen molar-refractivity contribution in [3.63, 3.8) is 0 Å². The molecule has 0 spiro atoms. The second-order valence-electron chi connectivity index (χ2n) is 6.11. The van der Waals surface area contributed by atoms with Gasteiger partial charge >= 0.3 is 6.09 Å². The van der Waals surface area contributed by atoms with E-state index in [1.807, 2.05) is 30.3 Å². The minimum absolute atomic E-state index is 0.272. The molecule has 0 fully saturated rings. The van der Waals surface area contributed by atoms with Gasteiger partial charge in [0.2, 0.25) is 11.8 Å². The Morgan fingerprint density at radius 2 is 1.85 bits per heavy atom. The van der Waals surface area contributed by atoms with Crippen LogP contribution in [-0.2, 0) is 22.4 Å². The van der Waals surface area contributed by atoms with E-state index in [1.165, 1.54) is 19.4 Å². The average Bonchev–Trinajstić information content (AvgIpc) is 3.03. The number of nitrogens with one attached hydrogen (secondary N) is 2. The summed E-state index contributed by atoms with van der Waals surface area (Å²) >= 11 is 0. The van der Waals surface area contributed by atoms with Crippen LogP contribution in [0.2, 0.25) is 0 Å². The Bertz CT molecular complexity index is 773. The Kier molecular flexibility index (Phi) is 6.48. The zero-order chi connectivity index (χ0) is 19.1. The zero-order valence-electron chi connectivity index (χ0n) is 14.7. The van der Waals surface area contributed by atoms with E-state index in [4.69, 9.17) is 5.11 Å². The summed E-state index contributed by atoms with van der Waals surface area (Å²) in [6.07, 6.45) is 2.26. The Morgan fingerprint density at radius 1 is 1.15 bits per heavy atom. The summed E-state index contributed by atoms with van der Waals surface area (Å²) in [5, 5.41) is 14.4. The van der Waals surface area contributed by atoms with Gasteiger partial charge < -0.3 is 15.7 Å². The fourth-order valence-corrected chi connectivity index (χ4v) is 2.59. The fourth-order valence-electron chi connectivity index (χ4n) is 2.59. The molecule has 26 heavy (non-hydrogen) atoms. The monoisotopic (exact) mass is 358 g/mol. The van der Waals surface area contributed by atoms with E-state index < -0.39 is 12.1 Å². The SMILES string of the molecule is CC(=O)N[C@@H](Cc1ccccc1)C(=O)N[C@H](C)Cc1cn(C(=O)O)cn1. The molecular weight excluding hydrogens is 336 g/mol. The molecule has 0 aliphatic rings. The first-order valence-electron chi connectivity index (χ1n) is 8.22. The Hall–Kier alpha value is -3.16. The number of carbonyl (C=O) groups is 3. The number of amides is 2. The highest BCUT2D eigenvalue weighted by Crippen LogP contribution is 2.05. The molecule has 0 radical (unpaired) electrons. The molecule has 1 aromatic carbocycles. The van der Waals surface area contributed by atoms with Crippen LogP contribution < -0.4 is 10.6 Å². The Balaban J connectivity index is 1.98. The minimum atomic E-state index is -1.12. The lowest BCUT2D eigenvalue weighted by atomic mass is 10.0. The first kappa shape index (κ1) is 19.2. The summed E-state index contributed by atoms with van der Waals surface area (Å²) in [4.78, 5) is 38.8. The molecule has 0 saturated heterocycles. The number of carboxylic acid groups (broad SMARTS) is 1. The lowest BCUT2D eigenvalue weighted by Crippen LogP contribution is -2.50. The number of rotatable bonds is 7. The van der Waals surface area contributed by atoms with Gasteiger partial charge in [0.15, 0.2) is 0 Å². The normalized spacial score (nSPS) is 12.8. The summed E-state index contributed by atoms with van der Waals surface area (Å²) < 4.78 is 0.958. The van der Waals surface area contributed by atoms with Gasteiger partial charge in [-0.05, 0) is 12.5 Å². The molecule has 2 amide bonds. The molecule has 0 aliphatic carbocycles. The van der Waals surface area contributed by atoms with Gasteiger partial charge in [-0.3, -0.25) is 9.59 Å². The van der Waals surface area contributed by atoms with Crippen LogP contribution in [0.15, 0.2) is 42.9 Å². The maximum atomic E-state index is 12.6. The summed E-state index contributed by atoms with van der Waals surface area (Å²) in [6.45, 7) is 3.16. The van der Waals surface area contributed by atoms with Crippen molar-refractivity contribution in [1.29, 1.82) is 0 Å². The van der Waals surface area contributed by atoms with Gasteiger partial charge in [-0.15, -0.1) is 0 Å². The molecule has 8 nitrogen and oxygen atoms in total. The number of imidazole rings is 1. The molecule has 0 saturated carbocycles. The van der Waals surface area contributed by atoms with Crippen molar-refractivity contribution >= 4 is 17.9 Å². The maximum Gasteiger partial charge on any atom is 0.416 e. The Morgan fingerprint density at radius 3 is 2.42 bits per heavy atom. The largest absolute Gasteiger partial charge is 0.464 e. The molecule has 2 aromatic rings. The lowest BCUT2D eigenvalue weighted by Gasteiger charge is -2.20. The van der Waals surface area contributed by atoms with Crippen LogP contribution in [0.5, 0.6) is 0 Å². The van der Waals surface area contributed by atoms with Crippen molar-refractivity contribution in [2.75, 3.05) is 0 Å². The van der Waals surface area contributed by atoms with Crippen LogP contribution >= 0.6 is 0 Å². The second-order valence-corrected chi connectivity index (χ2v) is 6.11. The molecule has 0 aliphatic heterocycles. The molecule has 1 aromatic heterocycles. The number of aromatic nitrogens is 2. The third-order valence-electron chi connectivity index (χ3n) is 3.74. The molecule has 3 N–H and O–H groups in total. The molecule has 8 heteroatoms. The highest BCUT2D eigenvalue weighted by molar-refractivity contribution is 5.87. The first-order valence-corrected chi connectivity index (χ1v) is 8.22. The second kappa shape index (κ2) is 8.80. The summed E-state index contributed by atoms with van der Waals surface area (Å²) in [6, 6.07) is 8.46. The molecule has 138 valence electrons. The van der Waals surface area contributed by atoms with Crippen LogP contribution in [0, 0.1) is 0 Å². The minimum Gasteiger partial charge on any atom is -0.464 e. The van der Waals surface area contributed by atoms with Crippen LogP contribution in [0.1, 0.15) is 25.1 Å². The fraction of sp³-hybridized carbons (Fsp3) is 0.333. The van der Waals surface area contributed by atoms with E-state index in [1.54, 1.807) is 6.92 Å². The molecule has 2 rings (SSSR count). The van der Waals surface area contributed by atoms with Gasteiger partial charge in [0.05, 0.1) is 5.69 Å². The van der Waals surface area contributed by atoms with E-state index in [9.17, 15) is 14.4 Å². The van der Waals surface area contributed by atoms with Gasteiger partial charge in [-0.25, -0.2) is 14.3 Å². The van der Waals surface area contributed by atoms with Gasteiger partial charge in [0.1, 0.15) is 12.4 Å². The molecule has 1 heterocycles. The van der Waals surface area contributed by atoms with Crippen molar-refractivity contribution in [3.8, 4) is 0 Å². The third-order valence-corrected chi connectivity index (χ3v) is 3.74. The van der Waals surface area contributed by atoms with Gasteiger partial charge in [-0.2, -0.15) is 0 Å². The predicted molar refractivity (Wildman–Crippen MR) is 94.7 cm³/mol. The highest BCUT2D eigenvalue weighted by atomic mass is 16.4. The standard InChI is InChI=1S/C18H22N4O4/c1-12(8-15-10-22(11-19-15)18(25)26)20-17(24)16(21-13(2)23)9-14-6-4-3-5-7-14/h3-7,10-12,16H,8-9H2,1-2H3,(H,20,24)(H,21,23)(H,25,26)/t12-,16+/m1/s1. The van der Waals surface area contributed by atoms with Gasteiger partial charge in [0.25, 0.3) is 0 Å². The molecular formula is C18H22N4O4. The number of nitrogens with zero attached hydrogens (tertiary/aromatic N) is 2. The van der Waals surface area contributed by atoms with Crippen molar-refractivity contribution in [1.82, 2.24) is 20.2 Å². The predicted octanol–water partition coefficient (Wildman–Crippen LogP) is 1.20. The van der Waals surface area contributed by atoms with Crippen molar-refractivity contribution < 1.29 is 19.5 Å². The average molecular weight is 358 g/mol. The van der Waals surface area contributed by atoms with Gasteiger partial charge in [0, 0.05) is 32.0 Å². The maximum absolute atomic E-state index is 12.6. The first-order chi connectivity index (χ1) is 12.3. The smallest absolute Gasteiger partial charge is 0.416 e. The van der Waals surface area contributed by atoms with Crippen molar-refractivity contribution in [2.24, 2.45) is 0 Å².